The average molecular weight is 151 g/mol. The Hall–Kier alpha value is -1.38. The second-order valence-corrected chi connectivity index (χ2v) is 1.95. The van der Waals surface area contributed by atoms with Gasteiger partial charge in [0.1, 0.15) is 5.69 Å². The minimum atomic E-state index is 0.399. The molecule has 3 heteroatoms. The van der Waals surface area contributed by atoms with Gasteiger partial charge in [-0.1, -0.05) is 6.07 Å². The zero-order valence-corrected chi connectivity index (χ0v) is 6.28. The van der Waals surface area contributed by atoms with Crippen LogP contribution in [0.25, 0.3) is 0 Å². The summed E-state index contributed by atoms with van der Waals surface area (Å²) in [6, 6.07) is 5.09. The predicted molar refractivity (Wildman–Crippen MR) is 40.8 cm³/mol. The van der Waals surface area contributed by atoms with Crippen LogP contribution in [0.15, 0.2) is 18.2 Å². The number of hydrogen-bond acceptors (Lipinski definition) is 3. The van der Waals surface area contributed by atoms with Crippen molar-refractivity contribution in [3.05, 3.63) is 23.9 Å². The fraction of sp³-hybridized carbons (Fsp3) is 0.250. The zero-order chi connectivity index (χ0) is 8.10. The lowest BCUT2D eigenvalue weighted by Gasteiger charge is -1.99. The van der Waals surface area contributed by atoms with Crippen LogP contribution in [-0.4, -0.2) is 17.9 Å². The molecule has 0 unspecified atom stereocenters. The standard InChI is InChI=1S/C8H9NO2/c1-2-11-8-5-3-4-7(6-10)9-8/h3-6H,2H2,1H3. The number of hydrogen-bond donors (Lipinski definition) is 0. The zero-order valence-electron chi connectivity index (χ0n) is 6.28. The number of aldehydes is 1. The molecule has 0 amide bonds. The van der Waals surface area contributed by atoms with Crippen molar-refractivity contribution < 1.29 is 9.53 Å². The molecule has 3 nitrogen and oxygen atoms in total. The van der Waals surface area contributed by atoms with Gasteiger partial charge in [0.25, 0.3) is 0 Å². The number of pyridine rings is 1. The Morgan fingerprint density at radius 3 is 3.09 bits per heavy atom. The first-order chi connectivity index (χ1) is 5.36. The molecule has 1 heterocycles. The maximum Gasteiger partial charge on any atom is 0.213 e. The molecule has 1 rings (SSSR count). The van der Waals surface area contributed by atoms with Gasteiger partial charge in [0.2, 0.25) is 5.88 Å². The van der Waals surface area contributed by atoms with Gasteiger partial charge in [-0.15, -0.1) is 0 Å². The summed E-state index contributed by atoms with van der Waals surface area (Å²) in [5, 5.41) is 0. The van der Waals surface area contributed by atoms with E-state index in [0.717, 1.165) is 0 Å². The molecular weight excluding hydrogens is 142 g/mol. The number of nitrogens with zero attached hydrogens (tertiary/aromatic N) is 1. The highest BCUT2D eigenvalue weighted by molar-refractivity contribution is 5.71. The Morgan fingerprint density at radius 1 is 1.64 bits per heavy atom. The molecule has 0 atom stereocenters. The number of carbonyl (C=O) groups excluding carboxylic acids is 1. The van der Waals surface area contributed by atoms with E-state index in [1.54, 1.807) is 18.2 Å². The van der Waals surface area contributed by atoms with Crippen molar-refractivity contribution in [3.8, 4) is 5.88 Å². The molecular formula is C8H9NO2. The third-order valence-electron chi connectivity index (χ3n) is 1.16. The van der Waals surface area contributed by atoms with E-state index < -0.39 is 0 Å². The van der Waals surface area contributed by atoms with Gasteiger partial charge >= 0.3 is 0 Å². The number of carbonyl (C=O) groups is 1. The highest BCUT2D eigenvalue weighted by Gasteiger charge is 1.94. The number of ether oxygens (including phenoxy) is 1. The van der Waals surface area contributed by atoms with Gasteiger partial charge in [0.15, 0.2) is 6.29 Å². The maximum absolute atomic E-state index is 10.2. The molecule has 0 spiro atoms. The molecule has 1 aromatic rings. The first kappa shape index (κ1) is 7.72. The van der Waals surface area contributed by atoms with Crippen LogP contribution in [0, 0.1) is 0 Å². The summed E-state index contributed by atoms with van der Waals surface area (Å²) in [7, 11) is 0. The molecule has 0 aliphatic heterocycles. The fourth-order valence-corrected chi connectivity index (χ4v) is 0.725. The molecule has 0 saturated heterocycles. The van der Waals surface area contributed by atoms with E-state index in [9.17, 15) is 4.79 Å². The van der Waals surface area contributed by atoms with Gasteiger partial charge in [-0.2, -0.15) is 0 Å². The summed E-state index contributed by atoms with van der Waals surface area (Å²) >= 11 is 0. The van der Waals surface area contributed by atoms with Crippen LogP contribution in [0.2, 0.25) is 0 Å². The van der Waals surface area contributed by atoms with Crippen LogP contribution in [0.4, 0.5) is 0 Å². The molecule has 0 saturated carbocycles. The van der Waals surface area contributed by atoms with Crippen molar-refractivity contribution >= 4 is 6.29 Å². The second kappa shape index (κ2) is 3.71. The van der Waals surface area contributed by atoms with E-state index in [1.165, 1.54) is 0 Å². The summed E-state index contributed by atoms with van der Waals surface area (Å²) < 4.78 is 5.08. The smallest absolute Gasteiger partial charge is 0.213 e. The Morgan fingerprint density at radius 2 is 2.45 bits per heavy atom. The topological polar surface area (TPSA) is 39.2 Å². The first-order valence-corrected chi connectivity index (χ1v) is 3.42. The lowest BCUT2D eigenvalue weighted by atomic mass is 10.4. The van der Waals surface area contributed by atoms with Crippen molar-refractivity contribution in [2.45, 2.75) is 6.92 Å². The lowest BCUT2D eigenvalue weighted by Crippen LogP contribution is -1.95. The minimum absolute atomic E-state index is 0.399. The number of rotatable bonds is 3. The Kier molecular flexibility index (Phi) is 2.60. The molecule has 0 fully saturated rings. The van der Waals surface area contributed by atoms with Crippen LogP contribution in [0.1, 0.15) is 17.4 Å². The predicted octanol–water partition coefficient (Wildman–Crippen LogP) is 1.29. The van der Waals surface area contributed by atoms with Crippen LogP contribution in [0.5, 0.6) is 5.88 Å². The molecule has 0 aliphatic carbocycles. The van der Waals surface area contributed by atoms with Crippen molar-refractivity contribution in [2.75, 3.05) is 6.61 Å². The van der Waals surface area contributed by atoms with Crippen molar-refractivity contribution in [1.29, 1.82) is 0 Å². The summed E-state index contributed by atoms with van der Waals surface area (Å²) in [6.07, 6.45) is 0.697. The van der Waals surface area contributed by atoms with Crippen LogP contribution in [0.3, 0.4) is 0 Å². The molecule has 11 heavy (non-hydrogen) atoms. The van der Waals surface area contributed by atoms with Gasteiger partial charge in [0, 0.05) is 6.07 Å². The van der Waals surface area contributed by atoms with Gasteiger partial charge in [0.05, 0.1) is 6.61 Å². The van der Waals surface area contributed by atoms with Gasteiger partial charge in [-0.05, 0) is 13.0 Å². The van der Waals surface area contributed by atoms with Crippen molar-refractivity contribution in [2.24, 2.45) is 0 Å². The van der Waals surface area contributed by atoms with E-state index in [4.69, 9.17) is 4.74 Å². The SMILES string of the molecule is CCOc1cccc(C=O)n1. The molecule has 58 valence electrons. The molecule has 0 radical (unpaired) electrons. The van der Waals surface area contributed by atoms with E-state index in [-0.39, 0.29) is 0 Å². The summed E-state index contributed by atoms with van der Waals surface area (Å²) in [5.41, 5.74) is 0.399. The maximum atomic E-state index is 10.2. The van der Waals surface area contributed by atoms with Crippen LogP contribution >= 0.6 is 0 Å². The Labute approximate surface area is 65.0 Å². The van der Waals surface area contributed by atoms with Gasteiger partial charge in [-0.25, -0.2) is 4.98 Å². The normalized spacial score (nSPS) is 9.18. The van der Waals surface area contributed by atoms with Crippen LogP contribution in [-0.2, 0) is 0 Å². The molecule has 0 aliphatic rings. The molecule has 0 aromatic carbocycles. The molecule has 1 aromatic heterocycles. The minimum Gasteiger partial charge on any atom is -0.478 e. The highest BCUT2D eigenvalue weighted by atomic mass is 16.5. The lowest BCUT2D eigenvalue weighted by molar-refractivity contribution is 0.111. The largest absolute Gasteiger partial charge is 0.478 e. The van der Waals surface area contributed by atoms with Gasteiger partial charge < -0.3 is 4.74 Å². The third-order valence-corrected chi connectivity index (χ3v) is 1.16. The highest BCUT2D eigenvalue weighted by Crippen LogP contribution is 2.05. The summed E-state index contributed by atoms with van der Waals surface area (Å²) in [4.78, 5) is 14.1. The molecule has 0 N–H and O–H groups in total. The quantitative estimate of drug-likeness (QED) is 0.611. The van der Waals surface area contributed by atoms with Crippen LogP contribution < -0.4 is 4.74 Å². The monoisotopic (exact) mass is 151 g/mol. The van der Waals surface area contributed by atoms with E-state index >= 15 is 0 Å². The van der Waals surface area contributed by atoms with E-state index in [2.05, 4.69) is 4.98 Å². The third kappa shape index (κ3) is 2.04. The van der Waals surface area contributed by atoms with E-state index in [0.29, 0.717) is 24.5 Å². The first-order valence-electron chi connectivity index (χ1n) is 3.42. The van der Waals surface area contributed by atoms with Crippen molar-refractivity contribution in [3.63, 3.8) is 0 Å². The Balaban J connectivity index is 2.82. The van der Waals surface area contributed by atoms with Gasteiger partial charge in [-0.3, -0.25) is 4.79 Å². The summed E-state index contributed by atoms with van der Waals surface area (Å²) in [5.74, 6) is 0.497. The average Bonchev–Trinajstić information content (AvgIpc) is 2.06. The fourth-order valence-electron chi connectivity index (χ4n) is 0.725. The molecule has 0 bridgehead atoms. The second-order valence-electron chi connectivity index (χ2n) is 1.95. The number of aromatic nitrogens is 1. The van der Waals surface area contributed by atoms with E-state index in [1.807, 2.05) is 6.92 Å². The summed E-state index contributed by atoms with van der Waals surface area (Å²) in [6.45, 7) is 2.44. The Bertz CT molecular complexity index is 248. The van der Waals surface area contributed by atoms with Crippen molar-refractivity contribution in [1.82, 2.24) is 4.98 Å².